The highest BCUT2D eigenvalue weighted by Crippen LogP contribution is 2.37. The molecule has 7 rings (SSSR count). The van der Waals surface area contributed by atoms with Crippen molar-refractivity contribution in [2.75, 3.05) is 0 Å². The van der Waals surface area contributed by atoms with E-state index in [1.807, 2.05) is 6.07 Å². The third-order valence-electron chi connectivity index (χ3n) is 6.93. The van der Waals surface area contributed by atoms with E-state index in [1.165, 1.54) is 49.7 Å². The van der Waals surface area contributed by atoms with E-state index in [4.69, 9.17) is 8.83 Å². The molecule has 0 unspecified atom stereocenters. The largest absolute Gasteiger partial charge is 0.433 e. The molecule has 0 amide bonds. The van der Waals surface area contributed by atoms with Gasteiger partial charge in [0.25, 0.3) is 11.6 Å². The average Bonchev–Trinajstić information content (AvgIpc) is 3.45. The van der Waals surface area contributed by atoms with Crippen LogP contribution in [0.25, 0.3) is 60.4 Å². The molecule has 3 aromatic heterocycles. The summed E-state index contributed by atoms with van der Waals surface area (Å²) in [6.07, 6.45) is 1.68. The van der Waals surface area contributed by atoms with E-state index < -0.39 is 0 Å². The molecule has 154 valence electrons. The molecule has 0 saturated heterocycles. The lowest BCUT2D eigenvalue weighted by Gasteiger charge is -2.06. The molecule has 0 N–H and O–H groups in total. The van der Waals surface area contributed by atoms with Gasteiger partial charge < -0.3 is 8.83 Å². The number of benzene rings is 4. The summed E-state index contributed by atoms with van der Waals surface area (Å²) in [5.41, 5.74) is 5.80. The van der Waals surface area contributed by atoms with E-state index in [9.17, 15) is 0 Å². The van der Waals surface area contributed by atoms with Gasteiger partial charge in [0.2, 0.25) is 0 Å². The second-order valence-electron chi connectivity index (χ2n) is 8.62. The SMILES string of the molecule is Cc1ccccc1-n1c(C)[n+](C)c2c3ccc4cc5oc6occc6c5cc4c3ccc21. The van der Waals surface area contributed by atoms with Crippen LogP contribution in [-0.4, -0.2) is 4.57 Å². The van der Waals surface area contributed by atoms with Gasteiger partial charge in [-0.2, -0.15) is 4.57 Å². The maximum absolute atomic E-state index is 5.91. The maximum atomic E-state index is 5.91. The summed E-state index contributed by atoms with van der Waals surface area (Å²) in [5.74, 6) is 1.78. The summed E-state index contributed by atoms with van der Waals surface area (Å²) in [4.78, 5) is 0. The minimum atomic E-state index is 0.583. The van der Waals surface area contributed by atoms with Crippen LogP contribution in [0.1, 0.15) is 11.4 Å². The van der Waals surface area contributed by atoms with Crippen LogP contribution in [0.4, 0.5) is 0 Å². The van der Waals surface area contributed by atoms with Crippen molar-refractivity contribution < 1.29 is 13.4 Å². The zero-order valence-corrected chi connectivity index (χ0v) is 18.1. The Morgan fingerprint density at radius 2 is 1.62 bits per heavy atom. The number of rotatable bonds is 1. The lowest BCUT2D eigenvalue weighted by atomic mass is 9.99. The quantitative estimate of drug-likeness (QED) is 0.216. The van der Waals surface area contributed by atoms with Gasteiger partial charge in [0.15, 0.2) is 11.0 Å². The van der Waals surface area contributed by atoms with Gasteiger partial charge in [-0.3, -0.25) is 0 Å². The topological polar surface area (TPSA) is 35.1 Å². The average molecular weight is 417 g/mol. The van der Waals surface area contributed by atoms with Gasteiger partial charge in [0.05, 0.1) is 18.7 Å². The fourth-order valence-electron chi connectivity index (χ4n) is 5.25. The van der Waals surface area contributed by atoms with Crippen LogP contribution in [0.2, 0.25) is 0 Å². The smallest absolute Gasteiger partial charge is 0.298 e. The first kappa shape index (κ1) is 17.6. The minimum Gasteiger partial charge on any atom is -0.433 e. The second kappa shape index (κ2) is 6.01. The summed E-state index contributed by atoms with van der Waals surface area (Å²) in [6, 6.07) is 23.8. The van der Waals surface area contributed by atoms with Gasteiger partial charge in [-0.05, 0) is 71.1 Å². The van der Waals surface area contributed by atoms with E-state index in [2.05, 4.69) is 90.7 Å². The van der Waals surface area contributed by atoms with Crippen molar-refractivity contribution in [3.05, 3.63) is 84.4 Å². The number of furan rings is 2. The van der Waals surface area contributed by atoms with E-state index >= 15 is 0 Å². The van der Waals surface area contributed by atoms with E-state index in [0.29, 0.717) is 5.78 Å². The summed E-state index contributed by atoms with van der Waals surface area (Å²) >= 11 is 0. The van der Waals surface area contributed by atoms with Crippen LogP contribution in [0.15, 0.2) is 81.8 Å². The standard InChI is InChI=1S/C28H21N2O2/c1-16-6-4-5-7-24(16)30-17(2)29(3)27-20-9-8-18-14-26-23(21-12-13-31-28(21)32-26)15-22(18)19(20)10-11-25(27)30/h4-15H,1-3H3/q+1. The Morgan fingerprint density at radius 3 is 2.50 bits per heavy atom. The van der Waals surface area contributed by atoms with Crippen LogP contribution in [0.3, 0.4) is 0 Å². The summed E-state index contributed by atoms with van der Waals surface area (Å²) in [5, 5.41) is 6.99. The van der Waals surface area contributed by atoms with Gasteiger partial charge in [-0.25, -0.2) is 4.57 Å². The molecule has 4 aromatic carbocycles. The molecule has 32 heavy (non-hydrogen) atoms. The lowest BCUT2D eigenvalue weighted by Crippen LogP contribution is -2.31. The highest BCUT2D eigenvalue weighted by molar-refractivity contribution is 6.19. The van der Waals surface area contributed by atoms with Crippen molar-refractivity contribution in [1.29, 1.82) is 0 Å². The zero-order chi connectivity index (χ0) is 21.6. The van der Waals surface area contributed by atoms with Gasteiger partial charge in [-0.15, -0.1) is 0 Å². The molecule has 0 spiro atoms. The van der Waals surface area contributed by atoms with Crippen LogP contribution in [-0.2, 0) is 7.05 Å². The molecule has 0 fully saturated rings. The maximum Gasteiger partial charge on any atom is 0.298 e. The highest BCUT2D eigenvalue weighted by atomic mass is 16.5. The molecular formula is C28H21N2O2+. The van der Waals surface area contributed by atoms with E-state index in [1.54, 1.807) is 6.26 Å². The first-order valence-electron chi connectivity index (χ1n) is 10.8. The third-order valence-corrected chi connectivity index (χ3v) is 6.93. The lowest BCUT2D eigenvalue weighted by molar-refractivity contribution is -0.651. The summed E-state index contributed by atoms with van der Waals surface area (Å²) in [6.45, 7) is 4.35. The molecule has 0 aliphatic rings. The molecule has 4 nitrogen and oxygen atoms in total. The monoisotopic (exact) mass is 417 g/mol. The number of aryl methyl sites for hydroxylation is 2. The van der Waals surface area contributed by atoms with Crippen LogP contribution in [0, 0.1) is 13.8 Å². The fourth-order valence-corrected chi connectivity index (χ4v) is 5.25. The molecule has 0 atom stereocenters. The molecule has 4 heteroatoms. The first-order valence-corrected chi connectivity index (χ1v) is 10.8. The number of imidazole rings is 1. The van der Waals surface area contributed by atoms with Gasteiger partial charge in [0.1, 0.15) is 11.3 Å². The Hall–Kier alpha value is -4.05. The van der Waals surface area contributed by atoms with Crippen molar-refractivity contribution in [1.82, 2.24) is 4.57 Å². The van der Waals surface area contributed by atoms with Crippen LogP contribution in [0.5, 0.6) is 0 Å². The molecule has 0 aliphatic carbocycles. The number of para-hydroxylation sites is 1. The molecule has 0 radical (unpaired) electrons. The first-order chi connectivity index (χ1) is 15.6. The number of hydrogen-bond acceptors (Lipinski definition) is 2. The molecule has 7 aromatic rings. The van der Waals surface area contributed by atoms with Gasteiger partial charge >= 0.3 is 0 Å². The number of fused-ring (bicyclic) bond motifs is 8. The van der Waals surface area contributed by atoms with Gasteiger partial charge in [-0.1, -0.05) is 24.3 Å². The van der Waals surface area contributed by atoms with E-state index in [0.717, 1.165) is 16.4 Å². The third kappa shape index (κ3) is 2.14. The van der Waals surface area contributed by atoms with Gasteiger partial charge in [0, 0.05) is 17.7 Å². The summed E-state index contributed by atoms with van der Waals surface area (Å²) < 4.78 is 16.1. The fraction of sp³-hybridized carbons (Fsp3) is 0.107. The molecule has 0 bridgehead atoms. The Labute approximate surface area is 183 Å². The molecule has 0 aliphatic heterocycles. The molecule has 3 heterocycles. The Kier molecular flexibility index (Phi) is 3.31. The predicted octanol–water partition coefficient (Wildman–Crippen LogP) is 6.87. The highest BCUT2D eigenvalue weighted by Gasteiger charge is 2.24. The summed E-state index contributed by atoms with van der Waals surface area (Å²) in [7, 11) is 2.16. The number of hydrogen-bond donors (Lipinski definition) is 0. The van der Waals surface area contributed by atoms with Crippen LogP contribution >= 0.6 is 0 Å². The van der Waals surface area contributed by atoms with Crippen molar-refractivity contribution in [3.63, 3.8) is 0 Å². The Morgan fingerprint density at radius 1 is 0.781 bits per heavy atom. The number of nitrogens with zero attached hydrogens (tertiary/aromatic N) is 2. The second-order valence-corrected chi connectivity index (χ2v) is 8.62. The Bertz CT molecular complexity index is 1860. The minimum absolute atomic E-state index is 0.583. The number of aromatic nitrogens is 2. The predicted molar refractivity (Wildman–Crippen MR) is 128 cm³/mol. The zero-order valence-electron chi connectivity index (χ0n) is 18.1. The van der Waals surface area contributed by atoms with Crippen molar-refractivity contribution in [2.45, 2.75) is 13.8 Å². The molecular weight excluding hydrogens is 396 g/mol. The van der Waals surface area contributed by atoms with Crippen LogP contribution < -0.4 is 4.57 Å². The molecule has 0 saturated carbocycles. The van der Waals surface area contributed by atoms with Crippen molar-refractivity contribution in [3.8, 4) is 5.69 Å². The van der Waals surface area contributed by atoms with E-state index in [-0.39, 0.29) is 0 Å². The van der Waals surface area contributed by atoms with Crippen molar-refractivity contribution >= 4 is 54.7 Å². The Balaban J connectivity index is 1.62. The normalized spacial score (nSPS) is 12.2. The van der Waals surface area contributed by atoms with Crippen molar-refractivity contribution in [2.24, 2.45) is 7.05 Å².